The molecule has 2 rings (SSSR count). The van der Waals surface area contributed by atoms with Crippen molar-refractivity contribution in [3.63, 3.8) is 0 Å². The van der Waals surface area contributed by atoms with Crippen LogP contribution < -0.4 is 5.43 Å². The first-order valence-corrected chi connectivity index (χ1v) is 5.22. The van der Waals surface area contributed by atoms with E-state index in [-0.39, 0.29) is 17.3 Å². The van der Waals surface area contributed by atoms with E-state index in [1.165, 1.54) is 36.5 Å². The molecular weight excluding hydrogens is 235 g/mol. The van der Waals surface area contributed by atoms with Gasteiger partial charge in [0.1, 0.15) is 5.82 Å². The van der Waals surface area contributed by atoms with E-state index in [1.807, 2.05) is 0 Å². The number of anilines is 1. The molecule has 0 saturated heterocycles. The summed E-state index contributed by atoms with van der Waals surface area (Å²) in [5.74, 6) is -0.766. The molecule has 0 spiro atoms. The zero-order valence-corrected chi connectivity index (χ0v) is 9.34. The predicted octanol–water partition coefficient (Wildman–Crippen LogP) is 2.68. The van der Waals surface area contributed by atoms with E-state index in [1.54, 1.807) is 12.1 Å². The molecule has 0 bridgehead atoms. The number of rotatable bonds is 3. The summed E-state index contributed by atoms with van der Waals surface area (Å²) in [6.45, 7) is 0. The van der Waals surface area contributed by atoms with Crippen molar-refractivity contribution in [1.29, 1.82) is 0 Å². The van der Waals surface area contributed by atoms with E-state index in [9.17, 15) is 14.6 Å². The van der Waals surface area contributed by atoms with Gasteiger partial charge in [-0.05, 0) is 36.4 Å². The molecule has 0 amide bonds. The second-order valence-electron chi connectivity index (χ2n) is 3.59. The van der Waals surface area contributed by atoms with Crippen LogP contribution in [0.15, 0.2) is 47.6 Å². The number of hydrogen-bond acceptors (Lipinski definition) is 4. The molecule has 0 heterocycles. The molecule has 3 N–H and O–H groups in total. The Labute approximate surface area is 103 Å². The number of halogens is 1. The van der Waals surface area contributed by atoms with Crippen LogP contribution in [-0.2, 0) is 0 Å². The van der Waals surface area contributed by atoms with Crippen molar-refractivity contribution in [2.45, 2.75) is 0 Å². The van der Waals surface area contributed by atoms with Crippen LogP contribution in [0.3, 0.4) is 0 Å². The summed E-state index contributed by atoms with van der Waals surface area (Å²) >= 11 is 0. The first kappa shape index (κ1) is 11.9. The van der Waals surface area contributed by atoms with Gasteiger partial charge in [-0.25, -0.2) is 4.39 Å². The molecule has 0 aromatic heterocycles. The van der Waals surface area contributed by atoms with E-state index in [0.29, 0.717) is 11.3 Å². The number of nitrogens with zero attached hydrogens (tertiary/aromatic N) is 1. The van der Waals surface area contributed by atoms with Crippen molar-refractivity contribution in [3.8, 4) is 11.5 Å². The molecule has 0 aliphatic carbocycles. The molecule has 2 aromatic rings. The van der Waals surface area contributed by atoms with Gasteiger partial charge in [0.2, 0.25) is 0 Å². The zero-order chi connectivity index (χ0) is 13.0. The second kappa shape index (κ2) is 5.18. The van der Waals surface area contributed by atoms with E-state index < -0.39 is 0 Å². The lowest BCUT2D eigenvalue weighted by molar-refractivity contribution is 0.403. The molecule has 0 unspecified atom stereocenters. The lowest BCUT2D eigenvalue weighted by atomic mass is 10.2. The number of aromatic hydroxyl groups is 2. The topological polar surface area (TPSA) is 64.9 Å². The number of hydrazone groups is 1. The first-order valence-electron chi connectivity index (χ1n) is 5.22. The highest BCUT2D eigenvalue weighted by Crippen LogP contribution is 2.26. The number of nitrogens with one attached hydrogen (secondary N) is 1. The summed E-state index contributed by atoms with van der Waals surface area (Å²) in [5.41, 5.74) is 3.67. The molecule has 5 heteroatoms. The van der Waals surface area contributed by atoms with Crippen LogP contribution in [-0.4, -0.2) is 16.4 Å². The third-order valence-corrected chi connectivity index (χ3v) is 2.29. The number of phenolic OH excluding ortho intramolecular Hbond substituents is 2. The summed E-state index contributed by atoms with van der Waals surface area (Å²) in [7, 11) is 0. The standard InChI is InChI=1S/C13H11FN2O2/c14-10-4-6-11(7-5-10)16-15-8-9-2-1-3-12(17)13(9)18/h1-8,16-18H/b15-8+. The van der Waals surface area contributed by atoms with Crippen LogP contribution in [0.4, 0.5) is 10.1 Å². The average Bonchev–Trinajstić information content (AvgIpc) is 2.37. The number of hydrogen-bond donors (Lipinski definition) is 3. The van der Waals surface area contributed by atoms with Crippen LogP contribution in [0.25, 0.3) is 0 Å². The van der Waals surface area contributed by atoms with Gasteiger partial charge in [-0.1, -0.05) is 6.07 Å². The summed E-state index contributed by atoms with van der Waals surface area (Å²) in [5, 5.41) is 22.7. The lowest BCUT2D eigenvalue weighted by Crippen LogP contribution is -1.91. The van der Waals surface area contributed by atoms with Crippen LogP contribution in [0, 0.1) is 5.82 Å². The van der Waals surface area contributed by atoms with Crippen molar-refractivity contribution in [2.24, 2.45) is 5.10 Å². The Morgan fingerprint density at radius 3 is 2.50 bits per heavy atom. The van der Waals surface area contributed by atoms with Gasteiger partial charge in [-0.2, -0.15) is 5.10 Å². The molecule has 0 aliphatic rings. The third-order valence-electron chi connectivity index (χ3n) is 2.29. The number of phenols is 2. The number of para-hydroxylation sites is 1. The molecule has 4 nitrogen and oxygen atoms in total. The predicted molar refractivity (Wildman–Crippen MR) is 67.4 cm³/mol. The van der Waals surface area contributed by atoms with E-state index in [0.717, 1.165) is 0 Å². The lowest BCUT2D eigenvalue weighted by Gasteiger charge is -2.01. The molecule has 18 heavy (non-hydrogen) atoms. The van der Waals surface area contributed by atoms with Crippen molar-refractivity contribution in [2.75, 3.05) is 5.43 Å². The van der Waals surface area contributed by atoms with E-state index >= 15 is 0 Å². The van der Waals surface area contributed by atoms with E-state index in [4.69, 9.17) is 0 Å². The Morgan fingerprint density at radius 1 is 1.06 bits per heavy atom. The fourth-order valence-corrected chi connectivity index (χ4v) is 1.35. The van der Waals surface area contributed by atoms with Crippen LogP contribution in [0.2, 0.25) is 0 Å². The van der Waals surface area contributed by atoms with Gasteiger partial charge < -0.3 is 10.2 Å². The minimum Gasteiger partial charge on any atom is -0.504 e. The molecule has 2 aromatic carbocycles. The minimum atomic E-state index is -0.324. The Hall–Kier alpha value is -2.56. The molecule has 0 aliphatic heterocycles. The van der Waals surface area contributed by atoms with Gasteiger partial charge in [0, 0.05) is 5.56 Å². The molecule has 0 fully saturated rings. The summed E-state index contributed by atoms with van der Waals surface area (Å²) in [4.78, 5) is 0. The molecular formula is C13H11FN2O2. The normalized spacial score (nSPS) is 10.7. The third kappa shape index (κ3) is 2.76. The zero-order valence-electron chi connectivity index (χ0n) is 9.34. The Morgan fingerprint density at radius 2 is 1.78 bits per heavy atom. The molecule has 0 radical (unpaired) electrons. The quantitative estimate of drug-likeness (QED) is 0.443. The highest BCUT2D eigenvalue weighted by molar-refractivity contribution is 5.85. The largest absolute Gasteiger partial charge is 0.504 e. The van der Waals surface area contributed by atoms with Gasteiger partial charge in [-0.15, -0.1) is 0 Å². The van der Waals surface area contributed by atoms with Gasteiger partial charge in [0.15, 0.2) is 11.5 Å². The SMILES string of the molecule is Oc1cccc(/C=N/Nc2ccc(F)cc2)c1O. The Bertz CT molecular complexity index is 568. The van der Waals surface area contributed by atoms with Gasteiger partial charge >= 0.3 is 0 Å². The van der Waals surface area contributed by atoms with Gasteiger partial charge in [0.05, 0.1) is 11.9 Å². The molecule has 92 valence electrons. The smallest absolute Gasteiger partial charge is 0.166 e. The maximum atomic E-state index is 12.6. The van der Waals surface area contributed by atoms with Crippen LogP contribution >= 0.6 is 0 Å². The maximum absolute atomic E-state index is 12.6. The molecule has 0 atom stereocenters. The minimum absolute atomic E-state index is 0.208. The van der Waals surface area contributed by atoms with Crippen molar-refractivity contribution >= 4 is 11.9 Å². The van der Waals surface area contributed by atoms with Crippen molar-refractivity contribution < 1.29 is 14.6 Å². The van der Waals surface area contributed by atoms with Gasteiger partial charge in [0.25, 0.3) is 0 Å². The first-order chi connectivity index (χ1) is 8.66. The van der Waals surface area contributed by atoms with Crippen molar-refractivity contribution in [1.82, 2.24) is 0 Å². The van der Waals surface area contributed by atoms with Crippen LogP contribution in [0.5, 0.6) is 11.5 Å². The van der Waals surface area contributed by atoms with Crippen molar-refractivity contribution in [3.05, 3.63) is 53.8 Å². The average molecular weight is 246 g/mol. The van der Waals surface area contributed by atoms with Gasteiger partial charge in [-0.3, -0.25) is 5.43 Å². The highest BCUT2D eigenvalue weighted by Gasteiger charge is 2.02. The van der Waals surface area contributed by atoms with Crippen LogP contribution in [0.1, 0.15) is 5.56 Å². The Balaban J connectivity index is 2.07. The second-order valence-corrected chi connectivity index (χ2v) is 3.59. The van der Waals surface area contributed by atoms with E-state index in [2.05, 4.69) is 10.5 Å². The highest BCUT2D eigenvalue weighted by atomic mass is 19.1. The summed E-state index contributed by atoms with van der Waals surface area (Å²) in [6.07, 6.45) is 1.36. The fourth-order valence-electron chi connectivity index (χ4n) is 1.35. The maximum Gasteiger partial charge on any atom is 0.166 e. The summed E-state index contributed by atoms with van der Waals surface area (Å²) < 4.78 is 12.6. The molecule has 0 saturated carbocycles. The monoisotopic (exact) mass is 246 g/mol. The summed E-state index contributed by atoms with van der Waals surface area (Å²) in [6, 6.07) is 10.3. The fraction of sp³-hybridized carbons (Fsp3) is 0. The number of benzene rings is 2. The Kier molecular flexibility index (Phi) is 3.43.